The van der Waals surface area contributed by atoms with E-state index >= 15 is 0 Å². The lowest BCUT2D eigenvalue weighted by Gasteiger charge is -2.07. The Morgan fingerprint density at radius 1 is 1.29 bits per heavy atom. The van der Waals surface area contributed by atoms with Gasteiger partial charge in [0.2, 0.25) is 0 Å². The smallest absolute Gasteiger partial charge is 0.108 e. The van der Waals surface area contributed by atoms with Crippen LogP contribution < -0.4 is 5.32 Å². The first kappa shape index (κ1) is 14.3. The summed E-state index contributed by atoms with van der Waals surface area (Å²) in [5.74, 6) is 1.08. The summed E-state index contributed by atoms with van der Waals surface area (Å²) in [6.07, 6.45) is 6.42. The highest BCUT2D eigenvalue weighted by atomic mass is 16.5. The average molecular weight is 285 g/mol. The van der Waals surface area contributed by atoms with Gasteiger partial charge in [0, 0.05) is 19.6 Å². The van der Waals surface area contributed by atoms with E-state index in [9.17, 15) is 0 Å². The van der Waals surface area contributed by atoms with Crippen LogP contribution in [-0.2, 0) is 17.6 Å². The first-order chi connectivity index (χ1) is 10.3. The molecule has 2 aromatic rings. The lowest BCUT2D eigenvalue weighted by molar-refractivity contribution is 0.202. The Morgan fingerprint density at radius 2 is 2.14 bits per heavy atom. The molecule has 4 heteroatoms. The lowest BCUT2D eigenvalue weighted by Crippen LogP contribution is -2.24. The van der Waals surface area contributed by atoms with Gasteiger partial charge in [0.15, 0.2) is 0 Å². The first-order valence-corrected chi connectivity index (χ1v) is 7.70. The maximum atomic E-state index is 5.11. The number of nitrogens with zero attached hydrogens (tertiary/aromatic N) is 1. The van der Waals surface area contributed by atoms with E-state index in [4.69, 9.17) is 4.74 Å². The van der Waals surface area contributed by atoms with E-state index in [1.165, 1.54) is 24.0 Å². The van der Waals surface area contributed by atoms with Crippen LogP contribution in [0.5, 0.6) is 0 Å². The lowest BCUT2D eigenvalue weighted by atomic mass is 10.1. The molecule has 0 bridgehead atoms. The predicted molar refractivity (Wildman–Crippen MR) is 84.3 cm³/mol. The molecule has 0 aliphatic carbocycles. The van der Waals surface area contributed by atoms with E-state index in [-0.39, 0.29) is 0 Å². The van der Waals surface area contributed by atoms with Crippen LogP contribution >= 0.6 is 0 Å². The van der Waals surface area contributed by atoms with Crippen molar-refractivity contribution in [2.75, 3.05) is 20.3 Å². The molecular formula is C17H23N3O. The summed E-state index contributed by atoms with van der Waals surface area (Å²) >= 11 is 0. The molecule has 1 unspecified atom stereocenters. The minimum atomic E-state index is 0.584. The Balaban J connectivity index is 1.64. The largest absolute Gasteiger partial charge is 0.384 e. The van der Waals surface area contributed by atoms with Crippen molar-refractivity contribution < 1.29 is 4.74 Å². The molecule has 21 heavy (non-hydrogen) atoms. The summed E-state index contributed by atoms with van der Waals surface area (Å²) in [5.41, 5.74) is 3.59. The minimum absolute atomic E-state index is 0.584. The van der Waals surface area contributed by atoms with Crippen molar-refractivity contribution in [2.24, 2.45) is 0 Å². The molecular weight excluding hydrogens is 262 g/mol. The third-order valence-corrected chi connectivity index (χ3v) is 4.09. The quantitative estimate of drug-likeness (QED) is 0.857. The van der Waals surface area contributed by atoms with Gasteiger partial charge in [0.05, 0.1) is 18.5 Å². The van der Waals surface area contributed by atoms with Gasteiger partial charge in [-0.2, -0.15) is 0 Å². The van der Waals surface area contributed by atoms with Crippen molar-refractivity contribution in [3.05, 3.63) is 41.9 Å². The number of nitrogens with one attached hydrogen (secondary N) is 2. The summed E-state index contributed by atoms with van der Waals surface area (Å²) in [7, 11) is 1.74. The number of H-pyrrole nitrogens is 1. The highest BCUT2D eigenvalue weighted by molar-refractivity contribution is 5.58. The van der Waals surface area contributed by atoms with Gasteiger partial charge in [0.25, 0.3) is 0 Å². The number of hydrogen-bond donors (Lipinski definition) is 2. The van der Waals surface area contributed by atoms with Crippen molar-refractivity contribution in [3.63, 3.8) is 0 Å². The number of benzene rings is 1. The maximum absolute atomic E-state index is 5.11. The zero-order valence-corrected chi connectivity index (χ0v) is 12.6. The van der Waals surface area contributed by atoms with Crippen LogP contribution in [0.15, 0.2) is 30.5 Å². The number of imidazole rings is 1. The standard InChI is InChI=1S/C17H23N3O/c1-21-10-8-13-4-6-14(7-5-13)16-12-19-17(20-16)11-15-3-2-9-18-15/h4-7,12,15,18H,2-3,8-11H2,1H3,(H,19,20). The second kappa shape index (κ2) is 6.87. The summed E-state index contributed by atoms with van der Waals surface area (Å²) in [4.78, 5) is 7.96. The molecule has 1 atom stereocenters. The van der Waals surface area contributed by atoms with Gasteiger partial charge in [0.1, 0.15) is 5.82 Å². The number of aromatic nitrogens is 2. The van der Waals surface area contributed by atoms with E-state index in [0.29, 0.717) is 6.04 Å². The molecule has 1 fully saturated rings. The topological polar surface area (TPSA) is 49.9 Å². The molecule has 2 N–H and O–H groups in total. The molecule has 0 amide bonds. The number of aromatic amines is 1. The molecule has 112 valence electrons. The van der Waals surface area contributed by atoms with Crippen molar-refractivity contribution >= 4 is 0 Å². The van der Waals surface area contributed by atoms with E-state index in [1.807, 2.05) is 6.20 Å². The van der Waals surface area contributed by atoms with E-state index in [2.05, 4.69) is 39.6 Å². The van der Waals surface area contributed by atoms with Crippen molar-refractivity contribution in [3.8, 4) is 11.3 Å². The molecule has 1 aliphatic rings. The van der Waals surface area contributed by atoms with Crippen LogP contribution in [0.4, 0.5) is 0 Å². The molecule has 0 saturated carbocycles. The van der Waals surface area contributed by atoms with Crippen LogP contribution in [0.1, 0.15) is 24.2 Å². The molecule has 0 radical (unpaired) electrons. The first-order valence-electron chi connectivity index (χ1n) is 7.70. The molecule has 1 aromatic carbocycles. The Labute approximate surface area is 125 Å². The van der Waals surface area contributed by atoms with Crippen LogP contribution in [0.25, 0.3) is 11.3 Å². The summed E-state index contributed by atoms with van der Waals surface area (Å²) < 4.78 is 5.11. The Hall–Kier alpha value is -1.65. The molecule has 1 aliphatic heterocycles. The maximum Gasteiger partial charge on any atom is 0.108 e. The normalized spacial score (nSPS) is 18.2. The van der Waals surface area contributed by atoms with E-state index in [1.54, 1.807) is 7.11 Å². The second-order valence-corrected chi connectivity index (χ2v) is 5.68. The Morgan fingerprint density at radius 3 is 2.86 bits per heavy atom. The average Bonchev–Trinajstić information content (AvgIpc) is 3.18. The fraction of sp³-hybridized carbons (Fsp3) is 0.471. The van der Waals surface area contributed by atoms with Gasteiger partial charge in [-0.05, 0) is 36.9 Å². The van der Waals surface area contributed by atoms with Crippen LogP contribution in [0, 0.1) is 0 Å². The second-order valence-electron chi connectivity index (χ2n) is 5.68. The van der Waals surface area contributed by atoms with E-state index < -0.39 is 0 Å². The minimum Gasteiger partial charge on any atom is -0.384 e. The summed E-state index contributed by atoms with van der Waals surface area (Å²) in [6, 6.07) is 9.20. The van der Waals surface area contributed by atoms with Crippen LogP contribution in [-0.4, -0.2) is 36.3 Å². The molecule has 2 heterocycles. The fourth-order valence-electron chi connectivity index (χ4n) is 2.85. The number of hydrogen-bond acceptors (Lipinski definition) is 3. The molecule has 0 spiro atoms. The van der Waals surface area contributed by atoms with Crippen LogP contribution in [0.3, 0.4) is 0 Å². The third kappa shape index (κ3) is 3.71. The van der Waals surface area contributed by atoms with Crippen LogP contribution in [0.2, 0.25) is 0 Å². The predicted octanol–water partition coefficient (Wildman–Crippen LogP) is 2.56. The monoisotopic (exact) mass is 285 g/mol. The molecule has 1 saturated heterocycles. The van der Waals surface area contributed by atoms with Gasteiger partial charge >= 0.3 is 0 Å². The van der Waals surface area contributed by atoms with Gasteiger partial charge in [-0.25, -0.2) is 4.98 Å². The number of rotatable bonds is 6. The van der Waals surface area contributed by atoms with Gasteiger partial charge < -0.3 is 15.0 Å². The zero-order chi connectivity index (χ0) is 14.5. The SMILES string of the molecule is COCCc1ccc(-c2cnc(CC3CCCN3)[nH]2)cc1. The number of methoxy groups -OCH3 is 1. The Kier molecular flexibility index (Phi) is 4.68. The fourth-order valence-corrected chi connectivity index (χ4v) is 2.85. The van der Waals surface area contributed by atoms with Gasteiger partial charge in [-0.15, -0.1) is 0 Å². The van der Waals surface area contributed by atoms with Gasteiger partial charge in [-0.3, -0.25) is 0 Å². The summed E-state index contributed by atoms with van der Waals surface area (Å²) in [5, 5.41) is 3.51. The van der Waals surface area contributed by atoms with Gasteiger partial charge in [-0.1, -0.05) is 24.3 Å². The van der Waals surface area contributed by atoms with Crippen molar-refractivity contribution in [1.29, 1.82) is 0 Å². The zero-order valence-electron chi connectivity index (χ0n) is 12.6. The van der Waals surface area contributed by atoms with Crippen molar-refractivity contribution in [2.45, 2.75) is 31.7 Å². The molecule has 3 rings (SSSR count). The highest BCUT2D eigenvalue weighted by Crippen LogP contribution is 2.19. The Bertz CT molecular complexity index is 556. The molecule has 1 aromatic heterocycles. The number of ether oxygens (including phenoxy) is 1. The van der Waals surface area contributed by atoms with Crippen molar-refractivity contribution in [1.82, 2.24) is 15.3 Å². The summed E-state index contributed by atoms with van der Waals surface area (Å²) in [6.45, 7) is 1.91. The highest BCUT2D eigenvalue weighted by Gasteiger charge is 2.16. The van der Waals surface area contributed by atoms with E-state index in [0.717, 1.165) is 37.5 Å². The molecule has 4 nitrogen and oxygen atoms in total. The third-order valence-electron chi connectivity index (χ3n) is 4.09.